The summed E-state index contributed by atoms with van der Waals surface area (Å²) in [7, 11) is 0. The van der Waals surface area contributed by atoms with Crippen molar-refractivity contribution in [1.29, 1.82) is 0 Å². The molecule has 0 amide bonds. The molecule has 1 rings (SSSR count). The van der Waals surface area contributed by atoms with E-state index in [1.807, 2.05) is 0 Å². The van der Waals surface area contributed by atoms with Gasteiger partial charge in [-0.3, -0.25) is 4.90 Å². The van der Waals surface area contributed by atoms with Gasteiger partial charge in [-0.25, -0.2) is 0 Å². The summed E-state index contributed by atoms with van der Waals surface area (Å²) in [6.45, 7) is 11.3. The van der Waals surface area contributed by atoms with Crippen LogP contribution < -0.4 is 0 Å². The Morgan fingerprint density at radius 1 is 1.17 bits per heavy atom. The topological polar surface area (TPSA) is 3.24 Å². The van der Waals surface area contributed by atoms with Gasteiger partial charge in [-0.2, -0.15) is 0 Å². The average molecular weight is 168 g/mol. The molecule has 0 N–H and O–H groups in total. The minimum atomic E-state index is 0.427. The summed E-state index contributed by atoms with van der Waals surface area (Å²) < 4.78 is 0. The van der Waals surface area contributed by atoms with E-state index >= 15 is 0 Å². The molecule has 12 heavy (non-hydrogen) atoms. The fraction of sp³-hybridized carbons (Fsp3) is 0.909. The monoisotopic (exact) mass is 168 g/mol. The van der Waals surface area contributed by atoms with E-state index in [0.29, 0.717) is 5.54 Å². The lowest BCUT2D eigenvalue weighted by Gasteiger charge is -2.40. The maximum Gasteiger partial charge on any atom is 0.0204 e. The molecule has 0 aromatic heterocycles. The van der Waals surface area contributed by atoms with Gasteiger partial charge in [0.05, 0.1) is 0 Å². The summed E-state index contributed by atoms with van der Waals surface area (Å²) >= 11 is 0. The highest BCUT2D eigenvalue weighted by Crippen LogP contribution is 2.30. The lowest BCUT2D eigenvalue weighted by Crippen LogP contribution is -2.45. The summed E-state index contributed by atoms with van der Waals surface area (Å²) in [5.41, 5.74) is 0.427. The second-order valence-corrected chi connectivity index (χ2v) is 3.88. The molecule has 1 heterocycles. The molecule has 0 spiro atoms. The quantitative estimate of drug-likeness (QED) is 0.624. The van der Waals surface area contributed by atoms with E-state index in [9.17, 15) is 0 Å². The minimum Gasteiger partial charge on any atom is -0.298 e. The van der Waals surface area contributed by atoms with Crippen molar-refractivity contribution in [2.75, 3.05) is 13.1 Å². The standard InChI is InChI=1S/C11H22N/c1-4-11(5-2,6-3)12-9-7-8-10-12/h1,4-10H2,2-3H3. The van der Waals surface area contributed by atoms with Gasteiger partial charge in [0.2, 0.25) is 0 Å². The first-order chi connectivity index (χ1) is 5.79. The van der Waals surface area contributed by atoms with E-state index in [2.05, 4.69) is 25.7 Å². The third kappa shape index (κ3) is 1.66. The van der Waals surface area contributed by atoms with Crippen molar-refractivity contribution in [2.45, 2.75) is 51.5 Å². The molecular formula is C11H22N. The summed E-state index contributed by atoms with van der Waals surface area (Å²) in [6, 6.07) is 0. The maximum atomic E-state index is 4.10. The van der Waals surface area contributed by atoms with Crippen molar-refractivity contribution in [2.24, 2.45) is 0 Å². The van der Waals surface area contributed by atoms with Crippen molar-refractivity contribution in [3.8, 4) is 0 Å². The first-order valence-corrected chi connectivity index (χ1v) is 5.33. The van der Waals surface area contributed by atoms with E-state index in [0.717, 1.165) is 6.42 Å². The number of rotatable bonds is 4. The molecule has 1 aliphatic rings. The Bertz CT molecular complexity index is 113. The van der Waals surface area contributed by atoms with Crippen LogP contribution in [0.1, 0.15) is 46.0 Å². The molecule has 1 aliphatic heterocycles. The number of likely N-dealkylation sites (tertiary alicyclic amines) is 1. The molecule has 0 aliphatic carbocycles. The molecule has 0 atom stereocenters. The van der Waals surface area contributed by atoms with E-state index in [1.54, 1.807) is 0 Å². The molecule has 1 saturated heterocycles. The Morgan fingerprint density at radius 3 is 2.00 bits per heavy atom. The van der Waals surface area contributed by atoms with Crippen LogP contribution in [-0.4, -0.2) is 23.5 Å². The highest BCUT2D eigenvalue weighted by atomic mass is 15.2. The summed E-state index contributed by atoms with van der Waals surface area (Å²) in [5.74, 6) is 0. The van der Waals surface area contributed by atoms with Gasteiger partial charge in [-0.15, -0.1) is 0 Å². The van der Waals surface area contributed by atoms with Crippen LogP contribution in [0, 0.1) is 6.92 Å². The predicted molar refractivity (Wildman–Crippen MR) is 54.1 cm³/mol. The van der Waals surface area contributed by atoms with Crippen LogP contribution in [0.25, 0.3) is 0 Å². The summed E-state index contributed by atoms with van der Waals surface area (Å²) in [4.78, 5) is 2.65. The van der Waals surface area contributed by atoms with E-state index < -0.39 is 0 Å². The zero-order chi connectivity index (χ0) is 9.03. The Hall–Kier alpha value is -0.0400. The largest absolute Gasteiger partial charge is 0.298 e. The Balaban J connectivity index is 2.61. The first kappa shape index (κ1) is 10.0. The third-order valence-corrected chi connectivity index (χ3v) is 3.56. The van der Waals surface area contributed by atoms with E-state index in [4.69, 9.17) is 0 Å². The lowest BCUT2D eigenvalue weighted by atomic mass is 9.88. The number of nitrogens with zero attached hydrogens (tertiary/aromatic N) is 1. The van der Waals surface area contributed by atoms with Crippen molar-refractivity contribution in [3.63, 3.8) is 0 Å². The van der Waals surface area contributed by atoms with Crippen LogP contribution in [-0.2, 0) is 0 Å². The van der Waals surface area contributed by atoms with Crippen LogP contribution in [0.4, 0.5) is 0 Å². The van der Waals surface area contributed by atoms with Crippen molar-refractivity contribution in [3.05, 3.63) is 6.92 Å². The molecule has 1 fully saturated rings. The normalized spacial score (nSPS) is 20.2. The molecule has 0 aromatic rings. The highest BCUT2D eigenvalue weighted by molar-refractivity contribution is 4.91. The van der Waals surface area contributed by atoms with Crippen LogP contribution >= 0.6 is 0 Å². The zero-order valence-corrected chi connectivity index (χ0v) is 8.60. The number of hydrogen-bond donors (Lipinski definition) is 0. The van der Waals surface area contributed by atoms with Gasteiger partial charge in [0, 0.05) is 5.54 Å². The molecule has 1 nitrogen and oxygen atoms in total. The fourth-order valence-electron chi connectivity index (χ4n) is 2.40. The Kier molecular flexibility index (Phi) is 3.57. The van der Waals surface area contributed by atoms with Gasteiger partial charge in [-0.05, 0) is 45.2 Å². The van der Waals surface area contributed by atoms with Gasteiger partial charge in [-0.1, -0.05) is 20.8 Å². The van der Waals surface area contributed by atoms with E-state index in [1.165, 1.54) is 38.8 Å². The van der Waals surface area contributed by atoms with Gasteiger partial charge in [0.15, 0.2) is 0 Å². The highest BCUT2D eigenvalue weighted by Gasteiger charge is 2.32. The van der Waals surface area contributed by atoms with Crippen LogP contribution in [0.3, 0.4) is 0 Å². The zero-order valence-electron chi connectivity index (χ0n) is 8.60. The maximum absolute atomic E-state index is 4.10. The smallest absolute Gasteiger partial charge is 0.0204 e. The average Bonchev–Trinajstić information content (AvgIpc) is 2.62. The molecule has 71 valence electrons. The number of hydrogen-bond acceptors (Lipinski definition) is 1. The first-order valence-electron chi connectivity index (χ1n) is 5.33. The van der Waals surface area contributed by atoms with Crippen molar-refractivity contribution in [1.82, 2.24) is 4.90 Å². The SMILES string of the molecule is [CH2]CC(CC)(CC)N1CCCC1. The molecular weight excluding hydrogens is 146 g/mol. The predicted octanol–water partition coefficient (Wildman–Crippen LogP) is 2.87. The van der Waals surface area contributed by atoms with Crippen LogP contribution in [0.2, 0.25) is 0 Å². The van der Waals surface area contributed by atoms with Crippen molar-refractivity contribution >= 4 is 0 Å². The Labute approximate surface area is 77.1 Å². The summed E-state index contributed by atoms with van der Waals surface area (Å²) in [6.07, 6.45) is 6.36. The molecule has 0 unspecified atom stereocenters. The second kappa shape index (κ2) is 4.27. The molecule has 0 aromatic carbocycles. The second-order valence-electron chi connectivity index (χ2n) is 3.88. The van der Waals surface area contributed by atoms with E-state index in [-0.39, 0.29) is 0 Å². The van der Waals surface area contributed by atoms with Crippen LogP contribution in [0.5, 0.6) is 0 Å². The van der Waals surface area contributed by atoms with Gasteiger partial charge in [0.25, 0.3) is 0 Å². The fourth-order valence-corrected chi connectivity index (χ4v) is 2.40. The van der Waals surface area contributed by atoms with Gasteiger partial charge < -0.3 is 0 Å². The van der Waals surface area contributed by atoms with Gasteiger partial charge >= 0.3 is 0 Å². The molecule has 0 bridgehead atoms. The molecule has 0 saturated carbocycles. The van der Waals surface area contributed by atoms with Crippen molar-refractivity contribution < 1.29 is 0 Å². The van der Waals surface area contributed by atoms with Gasteiger partial charge in [0.1, 0.15) is 0 Å². The van der Waals surface area contributed by atoms with Crippen LogP contribution in [0.15, 0.2) is 0 Å². The molecule has 1 heteroatoms. The minimum absolute atomic E-state index is 0.427. The lowest BCUT2D eigenvalue weighted by molar-refractivity contribution is 0.108. The molecule has 1 radical (unpaired) electrons. The third-order valence-electron chi connectivity index (χ3n) is 3.56. The summed E-state index contributed by atoms with van der Waals surface area (Å²) in [5, 5.41) is 0. The Morgan fingerprint density at radius 2 is 1.67 bits per heavy atom.